The highest BCUT2D eigenvalue weighted by molar-refractivity contribution is 6.36. The normalized spacial score (nSPS) is 21.1. The average molecular weight is 516 g/mol. The Kier molecular flexibility index (Phi) is 6.73. The lowest BCUT2D eigenvalue weighted by atomic mass is 9.78. The number of carbonyl (C=O) groups excluding carboxylic acids is 4. The van der Waals surface area contributed by atoms with Gasteiger partial charge >= 0.3 is 0 Å². The van der Waals surface area contributed by atoms with Crippen LogP contribution in [0.2, 0.25) is 10.0 Å². The third-order valence-electron chi connectivity index (χ3n) is 6.18. The number of imide groups is 1. The Morgan fingerprint density at radius 2 is 1.80 bits per heavy atom. The molecule has 0 saturated carbocycles. The van der Waals surface area contributed by atoms with Crippen molar-refractivity contribution in [2.75, 3.05) is 6.54 Å². The molecule has 0 spiro atoms. The van der Waals surface area contributed by atoms with Crippen molar-refractivity contribution in [3.63, 3.8) is 0 Å². The third-order valence-corrected chi connectivity index (χ3v) is 6.73. The summed E-state index contributed by atoms with van der Waals surface area (Å²) in [7, 11) is 0. The number of halogens is 2. The van der Waals surface area contributed by atoms with E-state index in [9.17, 15) is 29.3 Å². The number of non-ortho nitro benzene ring substituents is 1. The number of fused-ring (bicyclic) bond motifs is 1. The van der Waals surface area contributed by atoms with E-state index in [0.717, 1.165) is 22.2 Å². The number of Topliss-reactive ketones (excluding diaryl/α,β-unsaturated/α-hetero) is 1. The summed E-state index contributed by atoms with van der Waals surface area (Å²) in [6.45, 7) is 1.15. The number of nitro benzene ring substituents is 1. The van der Waals surface area contributed by atoms with Gasteiger partial charge in [0.05, 0.1) is 27.3 Å². The lowest BCUT2D eigenvalue weighted by Gasteiger charge is -2.30. The van der Waals surface area contributed by atoms with Crippen LogP contribution in [0, 0.1) is 27.9 Å². The van der Waals surface area contributed by atoms with E-state index in [0.29, 0.717) is 6.42 Å². The van der Waals surface area contributed by atoms with Crippen molar-refractivity contribution < 1.29 is 24.1 Å². The molecule has 1 fully saturated rings. The van der Waals surface area contributed by atoms with Gasteiger partial charge in [0.25, 0.3) is 23.4 Å². The lowest BCUT2D eigenvalue weighted by molar-refractivity contribution is -0.384. The summed E-state index contributed by atoms with van der Waals surface area (Å²) >= 11 is 12.2. The Labute approximate surface area is 210 Å². The van der Waals surface area contributed by atoms with Gasteiger partial charge in [-0.15, -0.1) is 0 Å². The standard InChI is InChI=1S/C24H19Cl2N3O6/c1-13-3-2-4-18-21(13)24(33)28(23(18)32)27(22(31)17-10-7-15(25)11-19(17)26)12-20(30)14-5-8-16(9-6-14)29(34)35/h2-3,5-11,13,18,21H,4,12H2,1H3/t13-,18+,21+/m0/s1. The molecule has 35 heavy (non-hydrogen) atoms. The number of rotatable bonds is 6. The molecular formula is C24H19Cl2N3O6. The van der Waals surface area contributed by atoms with Crippen LogP contribution in [0.1, 0.15) is 34.1 Å². The van der Waals surface area contributed by atoms with E-state index in [1.807, 2.05) is 19.1 Å². The summed E-state index contributed by atoms with van der Waals surface area (Å²) in [6.07, 6.45) is 4.01. The number of allylic oxidation sites excluding steroid dienone is 2. The monoisotopic (exact) mass is 515 g/mol. The molecule has 0 aromatic heterocycles. The fraction of sp³-hybridized carbons (Fsp3) is 0.250. The topological polar surface area (TPSA) is 118 Å². The SMILES string of the molecule is C[C@H]1C=CC[C@H]2C(=O)N(N(CC(=O)c3ccc([N+](=O)[O-])cc3)C(=O)c3ccc(Cl)cc3Cl)C(=O)[C@H]12. The van der Waals surface area contributed by atoms with Gasteiger partial charge in [0.1, 0.15) is 6.54 Å². The summed E-state index contributed by atoms with van der Waals surface area (Å²) in [5, 5.41) is 12.7. The van der Waals surface area contributed by atoms with E-state index in [1.165, 1.54) is 30.3 Å². The highest BCUT2D eigenvalue weighted by atomic mass is 35.5. The number of nitrogens with zero attached hydrogens (tertiary/aromatic N) is 3. The molecule has 2 aliphatic rings. The molecule has 11 heteroatoms. The van der Waals surface area contributed by atoms with Crippen LogP contribution < -0.4 is 0 Å². The van der Waals surface area contributed by atoms with Gasteiger partial charge in [-0.2, -0.15) is 5.01 Å². The minimum Gasteiger partial charge on any atom is -0.292 e. The van der Waals surface area contributed by atoms with Crippen LogP contribution in [0.15, 0.2) is 54.6 Å². The molecule has 2 aromatic rings. The zero-order valence-corrected chi connectivity index (χ0v) is 19.9. The van der Waals surface area contributed by atoms with Crippen LogP contribution in [0.5, 0.6) is 0 Å². The molecule has 9 nitrogen and oxygen atoms in total. The number of hydrogen-bond acceptors (Lipinski definition) is 6. The van der Waals surface area contributed by atoms with Gasteiger partial charge in [0.2, 0.25) is 0 Å². The minimum atomic E-state index is -0.831. The van der Waals surface area contributed by atoms with E-state index < -0.39 is 46.8 Å². The number of benzene rings is 2. The molecule has 3 atom stereocenters. The molecule has 1 aliphatic heterocycles. The van der Waals surface area contributed by atoms with E-state index in [-0.39, 0.29) is 32.8 Å². The molecule has 1 heterocycles. The van der Waals surface area contributed by atoms with E-state index >= 15 is 0 Å². The Hall–Kier alpha value is -3.56. The quantitative estimate of drug-likeness (QED) is 0.185. The zero-order valence-electron chi connectivity index (χ0n) is 18.4. The fourth-order valence-electron chi connectivity index (χ4n) is 4.40. The number of carbonyl (C=O) groups is 4. The number of amides is 3. The number of hydrazine groups is 1. The molecule has 1 aliphatic carbocycles. The van der Waals surface area contributed by atoms with E-state index in [4.69, 9.17) is 23.2 Å². The predicted octanol–water partition coefficient (Wildman–Crippen LogP) is 4.34. The van der Waals surface area contributed by atoms with Gasteiger partial charge in [0, 0.05) is 22.7 Å². The fourth-order valence-corrected chi connectivity index (χ4v) is 4.89. The number of nitro groups is 1. The number of hydrogen-bond donors (Lipinski definition) is 0. The van der Waals surface area contributed by atoms with Crippen molar-refractivity contribution in [3.8, 4) is 0 Å². The maximum atomic E-state index is 13.5. The highest BCUT2D eigenvalue weighted by Gasteiger charge is 2.53. The minimum absolute atomic E-state index is 0.0122. The summed E-state index contributed by atoms with van der Waals surface area (Å²) in [5.41, 5.74) is -0.186. The molecule has 1 saturated heterocycles. The van der Waals surface area contributed by atoms with Gasteiger partial charge in [0.15, 0.2) is 5.78 Å². The second-order valence-electron chi connectivity index (χ2n) is 8.36. The molecule has 0 radical (unpaired) electrons. The smallest absolute Gasteiger partial charge is 0.274 e. The Morgan fingerprint density at radius 3 is 2.40 bits per heavy atom. The molecular weight excluding hydrogens is 497 g/mol. The summed E-state index contributed by atoms with van der Waals surface area (Å²) < 4.78 is 0. The molecule has 180 valence electrons. The van der Waals surface area contributed by atoms with Crippen LogP contribution in [-0.4, -0.2) is 45.0 Å². The van der Waals surface area contributed by atoms with Crippen LogP contribution in [0.3, 0.4) is 0 Å². The first-order valence-corrected chi connectivity index (χ1v) is 11.4. The van der Waals surface area contributed by atoms with Crippen molar-refractivity contribution in [1.29, 1.82) is 0 Å². The van der Waals surface area contributed by atoms with Crippen molar-refractivity contribution in [1.82, 2.24) is 10.0 Å². The van der Waals surface area contributed by atoms with Crippen LogP contribution in [-0.2, 0) is 9.59 Å². The van der Waals surface area contributed by atoms with Crippen LogP contribution in [0.25, 0.3) is 0 Å². The van der Waals surface area contributed by atoms with Crippen molar-refractivity contribution in [3.05, 3.63) is 85.9 Å². The first kappa shape index (κ1) is 24.6. The largest absolute Gasteiger partial charge is 0.292 e. The molecule has 3 amide bonds. The molecule has 0 bridgehead atoms. The van der Waals surface area contributed by atoms with Gasteiger partial charge in [-0.3, -0.25) is 29.3 Å². The molecule has 4 rings (SSSR count). The molecule has 2 aromatic carbocycles. The first-order valence-electron chi connectivity index (χ1n) is 10.7. The van der Waals surface area contributed by atoms with Crippen molar-refractivity contribution in [2.24, 2.45) is 17.8 Å². The highest BCUT2D eigenvalue weighted by Crippen LogP contribution is 2.39. The maximum absolute atomic E-state index is 13.5. The molecule has 0 N–H and O–H groups in total. The van der Waals surface area contributed by atoms with Gasteiger partial charge in [-0.05, 0) is 42.7 Å². The Morgan fingerprint density at radius 1 is 1.11 bits per heavy atom. The first-order chi connectivity index (χ1) is 16.6. The molecule has 0 unspecified atom stereocenters. The van der Waals surface area contributed by atoms with Crippen molar-refractivity contribution >= 4 is 52.4 Å². The van der Waals surface area contributed by atoms with E-state index in [2.05, 4.69) is 0 Å². The summed E-state index contributed by atoms with van der Waals surface area (Å²) in [5.74, 6) is -4.14. The van der Waals surface area contributed by atoms with Gasteiger partial charge < -0.3 is 0 Å². The van der Waals surface area contributed by atoms with Crippen molar-refractivity contribution in [2.45, 2.75) is 13.3 Å². The maximum Gasteiger partial charge on any atom is 0.274 e. The van der Waals surface area contributed by atoms with E-state index in [1.54, 1.807) is 0 Å². The third kappa shape index (κ3) is 4.56. The van der Waals surface area contributed by atoms with Gasteiger partial charge in [-0.1, -0.05) is 42.3 Å². The Balaban J connectivity index is 1.71. The van der Waals surface area contributed by atoms with Gasteiger partial charge in [-0.25, -0.2) is 5.01 Å². The number of ketones is 1. The van der Waals surface area contributed by atoms with Crippen LogP contribution in [0.4, 0.5) is 5.69 Å². The predicted molar refractivity (Wildman–Crippen MR) is 127 cm³/mol. The summed E-state index contributed by atoms with van der Waals surface area (Å²) in [4.78, 5) is 63.6. The second kappa shape index (κ2) is 9.59. The second-order valence-corrected chi connectivity index (χ2v) is 9.20. The lowest BCUT2D eigenvalue weighted by Crippen LogP contribution is -2.52. The average Bonchev–Trinajstić information content (AvgIpc) is 3.08. The zero-order chi connectivity index (χ0) is 25.4. The van der Waals surface area contributed by atoms with Crippen LogP contribution >= 0.6 is 23.2 Å². The Bertz CT molecular complexity index is 1280. The summed E-state index contributed by atoms with van der Waals surface area (Å²) in [6, 6.07) is 8.92.